The maximum absolute atomic E-state index is 13.2. The van der Waals surface area contributed by atoms with Crippen LogP contribution >= 0.6 is 0 Å². The molecule has 1 aliphatic rings. The summed E-state index contributed by atoms with van der Waals surface area (Å²) in [5.74, 6) is -0.457. The zero-order valence-electron chi connectivity index (χ0n) is 6.94. The van der Waals surface area contributed by atoms with Gasteiger partial charge in [-0.15, -0.1) is 0 Å². The highest BCUT2D eigenvalue weighted by molar-refractivity contribution is 5.72. The lowest BCUT2D eigenvalue weighted by Gasteiger charge is -2.10. The van der Waals surface area contributed by atoms with Gasteiger partial charge in [-0.3, -0.25) is 4.79 Å². The van der Waals surface area contributed by atoms with Gasteiger partial charge in [-0.1, -0.05) is 30.3 Å². The van der Waals surface area contributed by atoms with Crippen molar-refractivity contribution in [3.8, 4) is 0 Å². The van der Waals surface area contributed by atoms with Crippen molar-refractivity contribution in [3.63, 3.8) is 0 Å². The first-order valence-corrected chi connectivity index (χ1v) is 4.16. The minimum atomic E-state index is -1.20. The van der Waals surface area contributed by atoms with Crippen molar-refractivity contribution in [1.29, 1.82) is 0 Å². The van der Waals surface area contributed by atoms with Gasteiger partial charge in [-0.2, -0.15) is 0 Å². The van der Waals surface area contributed by atoms with Gasteiger partial charge in [0.25, 0.3) is 0 Å². The molecular weight excluding hydrogens is 171 g/mol. The van der Waals surface area contributed by atoms with E-state index in [1.807, 2.05) is 6.07 Å². The minimum absolute atomic E-state index is 0.125. The SMILES string of the molecule is O=C1CC(F)C(c2ccccc2)O1. The van der Waals surface area contributed by atoms with E-state index in [1.54, 1.807) is 24.3 Å². The van der Waals surface area contributed by atoms with E-state index in [4.69, 9.17) is 4.74 Å². The molecule has 0 saturated carbocycles. The van der Waals surface area contributed by atoms with Crippen molar-refractivity contribution < 1.29 is 13.9 Å². The Morgan fingerprint density at radius 3 is 2.54 bits per heavy atom. The summed E-state index contributed by atoms with van der Waals surface area (Å²) in [5, 5.41) is 0. The fraction of sp³-hybridized carbons (Fsp3) is 0.300. The smallest absolute Gasteiger partial charge is 0.309 e. The zero-order chi connectivity index (χ0) is 9.26. The third-order valence-corrected chi connectivity index (χ3v) is 2.08. The van der Waals surface area contributed by atoms with Crippen LogP contribution in [0.15, 0.2) is 30.3 Å². The maximum atomic E-state index is 13.2. The molecule has 0 amide bonds. The van der Waals surface area contributed by atoms with Gasteiger partial charge < -0.3 is 4.74 Å². The highest BCUT2D eigenvalue weighted by Gasteiger charge is 2.35. The third-order valence-electron chi connectivity index (χ3n) is 2.08. The van der Waals surface area contributed by atoms with E-state index >= 15 is 0 Å². The van der Waals surface area contributed by atoms with Crippen LogP contribution in [-0.4, -0.2) is 12.1 Å². The molecule has 2 nitrogen and oxygen atoms in total. The molecule has 1 aromatic carbocycles. The Morgan fingerprint density at radius 2 is 2.00 bits per heavy atom. The van der Waals surface area contributed by atoms with Gasteiger partial charge in [0.1, 0.15) is 0 Å². The number of benzene rings is 1. The van der Waals surface area contributed by atoms with Crippen LogP contribution < -0.4 is 0 Å². The lowest BCUT2D eigenvalue weighted by atomic mass is 10.1. The number of halogens is 1. The van der Waals surface area contributed by atoms with Crippen molar-refractivity contribution in [2.24, 2.45) is 0 Å². The predicted molar refractivity (Wildman–Crippen MR) is 44.8 cm³/mol. The van der Waals surface area contributed by atoms with Crippen molar-refractivity contribution in [2.45, 2.75) is 18.7 Å². The predicted octanol–water partition coefficient (Wildman–Crippen LogP) is 2.01. The van der Waals surface area contributed by atoms with Gasteiger partial charge >= 0.3 is 5.97 Å². The summed E-state index contributed by atoms with van der Waals surface area (Å²) in [5.41, 5.74) is 0.723. The molecule has 3 heteroatoms. The molecule has 0 spiro atoms. The Labute approximate surface area is 75.3 Å². The van der Waals surface area contributed by atoms with Crippen LogP contribution in [-0.2, 0) is 9.53 Å². The number of hydrogen-bond acceptors (Lipinski definition) is 2. The van der Waals surface area contributed by atoms with E-state index in [2.05, 4.69) is 0 Å². The molecule has 0 aromatic heterocycles. The molecule has 1 aliphatic heterocycles. The first kappa shape index (κ1) is 8.23. The lowest BCUT2D eigenvalue weighted by molar-refractivity contribution is -0.141. The summed E-state index contributed by atoms with van der Waals surface area (Å²) in [7, 11) is 0. The normalized spacial score (nSPS) is 27.3. The van der Waals surface area contributed by atoms with Gasteiger partial charge in [0, 0.05) is 0 Å². The van der Waals surface area contributed by atoms with E-state index in [0.29, 0.717) is 0 Å². The largest absolute Gasteiger partial charge is 0.454 e. The van der Waals surface area contributed by atoms with Crippen LogP contribution in [0, 0.1) is 0 Å². The fourth-order valence-electron chi connectivity index (χ4n) is 1.45. The average molecular weight is 180 g/mol. The van der Waals surface area contributed by atoms with Crippen LogP contribution in [0.1, 0.15) is 18.1 Å². The van der Waals surface area contributed by atoms with E-state index in [9.17, 15) is 9.18 Å². The zero-order valence-corrected chi connectivity index (χ0v) is 6.94. The molecule has 0 radical (unpaired) electrons. The number of carbonyl (C=O) groups excluding carboxylic acids is 1. The number of hydrogen-bond donors (Lipinski definition) is 0. The molecule has 2 atom stereocenters. The fourth-order valence-corrected chi connectivity index (χ4v) is 1.45. The molecule has 1 fully saturated rings. The van der Waals surface area contributed by atoms with E-state index in [0.717, 1.165) is 5.56 Å². The Balaban J connectivity index is 2.23. The standard InChI is InChI=1S/C10H9FO2/c11-8-6-9(12)13-10(8)7-4-2-1-3-5-7/h1-5,8,10H,6H2. The van der Waals surface area contributed by atoms with Gasteiger partial charge in [0.15, 0.2) is 12.3 Å². The molecule has 1 aromatic rings. The second-order valence-electron chi connectivity index (χ2n) is 3.04. The van der Waals surface area contributed by atoms with Crippen molar-refractivity contribution >= 4 is 5.97 Å². The minimum Gasteiger partial charge on any atom is -0.454 e. The number of esters is 1. The van der Waals surface area contributed by atoms with Gasteiger partial charge in [-0.05, 0) is 5.56 Å². The van der Waals surface area contributed by atoms with Crippen LogP contribution in [0.25, 0.3) is 0 Å². The molecule has 0 bridgehead atoms. The van der Waals surface area contributed by atoms with E-state index in [1.165, 1.54) is 0 Å². The van der Waals surface area contributed by atoms with E-state index < -0.39 is 18.2 Å². The summed E-state index contributed by atoms with van der Waals surface area (Å²) in [6.07, 6.45) is -2.02. The Kier molecular flexibility index (Phi) is 2.00. The van der Waals surface area contributed by atoms with Crippen LogP contribution in [0.3, 0.4) is 0 Å². The molecule has 0 aliphatic carbocycles. The first-order valence-electron chi connectivity index (χ1n) is 4.16. The molecule has 68 valence electrons. The number of ether oxygens (including phenoxy) is 1. The molecule has 1 saturated heterocycles. The summed E-state index contributed by atoms with van der Waals surface area (Å²) in [6.45, 7) is 0. The second kappa shape index (κ2) is 3.17. The summed E-state index contributed by atoms with van der Waals surface area (Å²) < 4.78 is 18.0. The van der Waals surface area contributed by atoms with Crippen molar-refractivity contribution in [1.82, 2.24) is 0 Å². The Bertz CT molecular complexity index is 310. The molecule has 13 heavy (non-hydrogen) atoms. The lowest BCUT2D eigenvalue weighted by Crippen LogP contribution is -2.06. The molecule has 0 N–H and O–H groups in total. The average Bonchev–Trinajstić information content (AvgIpc) is 2.47. The van der Waals surface area contributed by atoms with Crippen LogP contribution in [0.5, 0.6) is 0 Å². The highest BCUT2D eigenvalue weighted by atomic mass is 19.1. The monoisotopic (exact) mass is 180 g/mol. The Hall–Kier alpha value is -1.38. The van der Waals surface area contributed by atoms with Gasteiger partial charge in [-0.25, -0.2) is 4.39 Å². The molecule has 1 heterocycles. The highest BCUT2D eigenvalue weighted by Crippen LogP contribution is 2.31. The van der Waals surface area contributed by atoms with Crippen LogP contribution in [0.2, 0.25) is 0 Å². The van der Waals surface area contributed by atoms with Crippen LogP contribution in [0.4, 0.5) is 4.39 Å². The van der Waals surface area contributed by atoms with E-state index in [-0.39, 0.29) is 6.42 Å². The van der Waals surface area contributed by atoms with Gasteiger partial charge in [0.2, 0.25) is 0 Å². The third kappa shape index (κ3) is 1.54. The topological polar surface area (TPSA) is 26.3 Å². The Morgan fingerprint density at radius 1 is 1.31 bits per heavy atom. The van der Waals surface area contributed by atoms with Crippen molar-refractivity contribution in [2.75, 3.05) is 0 Å². The summed E-state index contributed by atoms with van der Waals surface area (Å²) in [4.78, 5) is 10.8. The molecule has 2 unspecified atom stereocenters. The number of rotatable bonds is 1. The summed E-state index contributed by atoms with van der Waals surface area (Å²) in [6, 6.07) is 8.96. The van der Waals surface area contributed by atoms with Crippen molar-refractivity contribution in [3.05, 3.63) is 35.9 Å². The number of carbonyl (C=O) groups is 1. The van der Waals surface area contributed by atoms with Gasteiger partial charge in [0.05, 0.1) is 6.42 Å². The quantitative estimate of drug-likeness (QED) is 0.618. The number of alkyl halides is 1. The maximum Gasteiger partial charge on any atom is 0.309 e. The first-order chi connectivity index (χ1) is 6.27. The number of cyclic esters (lactones) is 1. The summed E-state index contributed by atoms with van der Waals surface area (Å²) >= 11 is 0. The molecule has 2 rings (SSSR count). The second-order valence-corrected chi connectivity index (χ2v) is 3.04. The molecular formula is C10H9FO2.